The number of phenols is 1. The van der Waals surface area contributed by atoms with Gasteiger partial charge in [0.25, 0.3) is 0 Å². The highest BCUT2D eigenvalue weighted by Crippen LogP contribution is 2.34. The van der Waals surface area contributed by atoms with Gasteiger partial charge in [-0.3, -0.25) is 0 Å². The van der Waals surface area contributed by atoms with Crippen molar-refractivity contribution in [3.8, 4) is 28.5 Å². The smallest absolute Gasteiger partial charge is 0.183 e. The number of anilines is 1. The van der Waals surface area contributed by atoms with Crippen molar-refractivity contribution in [1.29, 1.82) is 0 Å². The van der Waals surface area contributed by atoms with E-state index in [2.05, 4.69) is 15.0 Å². The third kappa shape index (κ3) is 4.04. The first-order valence-electron chi connectivity index (χ1n) is 9.05. The van der Waals surface area contributed by atoms with Crippen molar-refractivity contribution in [2.45, 2.75) is 6.92 Å². The molecule has 29 heavy (non-hydrogen) atoms. The zero-order valence-corrected chi connectivity index (χ0v) is 16.4. The molecule has 0 atom stereocenters. The molecule has 146 valence electrons. The van der Waals surface area contributed by atoms with Crippen molar-refractivity contribution < 1.29 is 14.2 Å². The monoisotopic (exact) mass is 410 g/mol. The topological polar surface area (TPSA) is 71.4 Å². The lowest BCUT2D eigenvalue weighted by molar-refractivity contribution is 0.122. The maximum Gasteiger partial charge on any atom is 0.183 e. The van der Waals surface area contributed by atoms with E-state index in [-0.39, 0.29) is 22.4 Å². The summed E-state index contributed by atoms with van der Waals surface area (Å²) >= 11 is 6.05. The van der Waals surface area contributed by atoms with E-state index in [1.165, 1.54) is 6.07 Å². The molecule has 0 bridgehead atoms. The molecule has 2 radical (unpaired) electrons. The lowest BCUT2D eigenvalue weighted by atomic mass is 9.92. The van der Waals surface area contributed by atoms with Crippen LogP contribution in [0.15, 0.2) is 30.5 Å². The van der Waals surface area contributed by atoms with Gasteiger partial charge in [0.1, 0.15) is 19.3 Å². The summed E-state index contributed by atoms with van der Waals surface area (Å²) < 4.78 is 19.7. The van der Waals surface area contributed by atoms with Crippen LogP contribution in [0.1, 0.15) is 5.56 Å². The van der Waals surface area contributed by atoms with Crippen LogP contribution in [0.5, 0.6) is 5.75 Å². The average Bonchev–Trinajstić information content (AvgIpc) is 2.71. The first-order valence-corrected chi connectivity index (χ1v) is 9.43. The number of halogens is 2. The summed E-state index contributed by atoms with van der Waals surface area (Å²) in [6.07, 6.45) is 1.14. The van der Waals surface area contributed by atoms with Crippen LogP contribution in [0.25, 0.3) is 22.8 Å². The van der Waals surface area contributed by atoms with Crippen molar-refractivity contribution in [1.82, 2.24) is 15.0 Å². The number of morpholine rings is 1. The largest absolute Gasteiger partial charge is 0.506 e. The third-order valence-corrected chi connectivity index (χ3v) is 4.88. The molecule has 1 N–H and O–H groups in total. The van der Waals surface area contributed by atoms with E-state index in [9.17, 15) is 9.50 Å². The van der Waals surface area contributed by atoms with E-state index in [0.29, 0.717) is 48.7 Å². The number of hydrogen-bond acceptors (Lipinski definition) is 6. The summed E-state index contributed by atoms with van der Waals surface area (Å²) in [6, 6.07) is 6.65. The third-order valence-electron chi connectivity index (χ3n) is 4.60. The number of aromatic hydroxyl groups is 1. The standard InChI is InChI=1S/C20H17BClFN4O2/c1-11-6-16(13-8-12(21)9-14(22)18(13)28)25-17(7-11)19-24-10-15(23)20(26-19)27-2-4-29-5-3-27/h6-10,28H,2-5H2,1H3. The Morgan fingerprint density at radius 2 is 1.86 bits per heavy atom. The molecule has 1 aliphatic heterocycles. The van der Waals surface area contributed by atoms with E-state index < -0.39 is 5.82 Å². The lowest BCUT2D eigenvalue weighted by Gasteiger charge is -2.28. The molecule has 1 saturated heterocycles. The van der Waals surface area contributed by atoms with E-state index >= 15 is 0 Å². The summed E-state index contributed by atoms with van der Waals surface area (Å²) in [6.45, 7) is 4.01. The van der Waals surface area contributed by atoms with E-state index in [1.54, 1.807) is 18.2 Å². The van der Waals surface area contributed by atoms with E-state index in [4.69, 9.17) is 24.2 Å². The fourth-order valence-electron chi connectivity index (χ4n) is 3.21. The second-order valence-corrected chi connectivity index (χ2v) is 7.19. The number of benzene rings is 1. The highest BCUT2D eigenvalue weighted by Gasteiger charge is 2.19. The summed E-state index contributed by atoms with van der Waals surface area (Å²) in [5.41, 5.74) is 2.58. The Labute approximate surface area is 173 Å². The van der Waals surface area contributed by atoms with Gasteiger partial charge in [-0.25, -0.2) is 19.3 Å². The minimum absolute atomic E-state index is 0.112. The van der Waals surface area contributed by atoms with Gasteiger partial charge >= 0.3 is 0 Å². The molecular weight excluding hydrogens is 394 g/mol. The van der Waals surface area contributed by atoms with Gasteiger partial charge in [0, 0.05) is 18.7 Å². The molecule has 3 heterocycles. The molecule has 2 aromatic heterocycles. The molecule has 1 aliphatic rings. The minimum Gasteiger partial charge on any atom is -0.506 e. The number of aryl methyl sites for hydroxylation is 1. The maximum absolute atomic E-state index is 14.3. The number of aromatic nitrogens is 3. The first-order chi connectivity index (χ1) is 13.9. The normalized spacial score (nSPS) is 14.2. The van der Waals surface area contributed by atoms with Crippen LogP contribution >= 0.6 is 11.6 Å². The summed E-state index contributed by atoms with van der Waals surface area (Å²) in [4.78, 5) is 14.9. The van der Waals surface area contributed by atoms with Crippen molar-refractivity contribution >= 4 is 30.7 Å². The molecule has 0 aliphatic carbocycles. The van der Waals surface area contributed by atoms with Gasteiger partial charge in [-0.15, -0.1) is 0 Å². The zero-order valence-electron chi connectivity index (χ0n) is 15.7. The molecule has 3 aromatic rings. The summed E-state index contributed by atoms with van der Waals surface area (Å²) in [7, 11) is 5.87. The molecule has 0 saturated carbocycles. The molecule has 1 aromatic carbocycles. The highest BCUT2D eigenvalue weighted by atomic mass is 35.5. The second kappa shape index (κ2) is 7.97. The Morgan fingerprint density at radius 3 is 2.62 bits per heavy atom. The number of rotatable bonds is 3. The second-order valence-electron chi connectivity index (χ2n) is 6.78. The number of nitrogens with zero attached hydrogens (tertiary/aromatic N) is 4. The van der Waals surface area contributed by atoms with E-state index in [1.807, 2.05) is 11.8 Å². The van der Waals surface area contributed by atoms with Gasteiger partial charge in [0.05, 0.1) is 30.1 Å². The minimum atomic E-state index is -0.496. The van der Waals surface area contributed by atoms with E-state index in [0.717, 1.165) is 11.8 Å². The fourth-order valence-corrected chi connectivity index (χ4v) is 3.44. The van der Waals surface area contributed by atoms with Crippen LogP contribution in [-0.4, -0.2) is 54.2 Å². The molecule has 0 amide bonds. The molecular formula is C20H17BClFN4O2. The number of ether oxygens (including phenoxy) is 1. The van der Waals surface area contributed by atoms with Crippen molar-refractivity contribution in [2.75, 3.05) is 31.2 Å². The van der Waals surface area contributed by atoms with Crippen LogP contribution in [0, 0.1) is 12.7 Å². The molecule has 9 heteroatoms. The zero-order chi connectivity index (χ0) is 20.5. The highest BCUT2D eigenvalue weighted by molar-refractivity contribution is 6.37. The van der Waals surface area contributed by atoms with Crippen molar-refractivity contribution in [3.05, 3.63) is 46.9 Å². The Hall–Kier alpha value is -2.71. The molecule has 6 nitrogen and oxygen atoms in total. The molecule has 1 fully saturated rings. The van der Waals surface area contributed by atoms with Gasteiger partial charge in [-0.05, 0) is 30.7 Å². The predicted octanol–water partition coefficient (Wildman–Crippen LogP) is 2.64. The molecule has 0 spiro atoms. The SMILES string of the molecule is [B]c1cc(Cl)c(O)c(-c2cc(C)cc(-c3ncc(F)c(N4CCOCC4)n3)n2)c1. The predicted molar refractivity (Wildman–Crippen MR) is 110 cm³/mol. The molecule has 4 rings (SSSR count). The van der Waals surface area contributed by atoms with Gasteiger partial charge in [-0.2, -0.15) is 0 Å². The number of hydrogen-bond donors (Lipinski definition) is 1. The Kier molecular flexibility index (Phi) is 5.38. The van der Waals surface area contributed by atoms with Crippen LogP contribution in [0.3, 0.4) is 0 Å². The Balaban J connectivity index is 1.79. The van der Waals surface area contributed by atoms with Gasteiger partial charge < -0.3 is 14.7 Å². The summed E-state index contributed by atoms with van der Waals surface area (Å²) in [5, 5.41) is 10.5. The van der Waals surface area contributed by atoms with Crippen molar-refractivity contribution in [2.24, 2.45) is 0 Å². The van der Waals surface area contributed by atoms with Crippen LogP contribution < -0.4 is 10.4 Å². The fraction of sp³-hybridized carbons (Fsp3) is 0.250. The number of phenolic OH excluding ortho intramolecular Hbond substituents is 1. The Bertz CT molecular complexity index is 1080. The molecule has 0 unspecified atom stereocenters. The average molecular weight is 411 g/mol. The maximum atomic E-state index is 14.3. The quantitative estimate of drug-likeness (QED) is 0.669. The Morgan fingerprint density at radius 1 is 1.14 bits per heavy atom. The lowest BCUT2D eigenvalue weighted by Crippen LogP contribution is -2.37. The van der Waals surface area contributed by atoms with Gasteiger partial charge in [0.2, 0.25) is 0 Å². The first kappa shape index (κ1) is 19.6. The van der Waals surface area contributed by atoms with Gasteiger partial charge in [-0.1, -0.05) is 23.1 Å². The number of pyridine rings is 1. The summed E-state index contributed by atoms with van der Waals surface area (Å²) in [5.74, 6) is -0.104. The van der Waals surface area contributed by atoms with Gasteiger partial charge in [0.15, 0.2) is 17.5 Å². The van der Waals surface area contributed by atoms with Crippen LogP contribution in [0.4, 0.5) is 10.2 Å². The van der Waals surface area contributed by atoms with Crippen LogP contribution in [-0.2, 0) is 4.74 Å². The van der Waals surface area contributed by atoms with Crippen LogP contribution in [0.2, 0.25) is 5.02 Å². The van der Waals surface area contributed by atoms with Crippen molar-refractivity contribution in [3.63, 3.8) is 0 Å².